The molecule has 0 saturated heterocycles. The Balaban J connectivity index is 3.43. The van der Waals surface area contributed by atoms with Crippen LogP contribution in [-0.2, 0) is 6.42 Å². The molecule has 2 N–H and O–H groups in total. The van der Waals surface area contributed by atoms with E-state index in [4.69, 9.17) is 5.11 Å². The zero-order valence-electron chi connectivity index (χ0n) is 7.41. The highest BCUT2D eigenvalue weighted by molar-refractivity contribution is 9.11. The van der Waals surface area contributed by atoms with E-state index in [1.165, 1.54) is 6.07 Å². The number of benzene rings is 1. The molecule has 0 atom stereocenters. The lowest BCUT2D eigenvalue weighted by molar-refractivity contribution is -0.385. The summed E-state index contributed by atoms with van der Waals surface area (Å²) in [6.45, 7) is -0.222. The first-order valence-electron chi connectivity index (χ1n) is 3.94. The van der Waals surface area contributed by atoms with Crippen LogP contribution in [0.5, 0.6) is 5.75 Å². The molecule has 0 spiro atoms. The number of hydrogen-bond acceptors (Lipinski definition) is 4. The quantitative estimate of drug-likeness (QED) is 0.653. The number of hydrogen-bond donors (Lipinski definition) is 2. The van der Waals surface area contributed by atoms with Gasteiger partial charge in [0.25, 0.3) is 5.69 Å². The topological polar surface area (TPSA) is 83.6 Å². The van der Waals surface area contributed by atoms with Gasteiger partial charge < -0.3 is 10.2 Å². The predicted octanol–water partition coefficient (Wildman–Crippen LogP) is 2.36. The van der Waals surface area contributed by atoms with Crippen LogP contribution < -0.4 is 0 Å². The van der Waals surface area contributed by atoms with Gasteiger partial charge in [0.2, 0.25) is 0 Å². The maximum absolute atomic E-state index is 10.7. The van der Waals surface area contributed by atoms with Gasteiger partial charge in [-0.25, -0.2) is 0 Å². The molecule has 0 aromatic heterocycles. The van der Waals surface area contributed by atoms with E-state index >= 15 is 0 Å². The van der Waals surface area contributed by atoms with Gasteiger partial charge in [0.05, 0.1) is 19.4 Å². The molecule has 0 radical (unpaired) electrons. The maximum Gasteiger partial charge on any atom is 0.275 e. The van der Waals surface area contributed by atoms with Gasteiger partial charge in [0.15, 0.2) is 0 Å². The standard InChI is InChI=1S/C8H7Br2NO4/c9-5-3-6(11(14)15)4(1-2-12)7(10)8(5)13/h3,12-13H,1-2H2. The zero-order chi connectivity index (χ0) is 11.6. The third-order valence-electron chi connectivity index (χ3n) is 1.83. The van der Waals surface area contributed by atoms with Crippen molar-refractivity contribution < 1.29 is 15.1 Å². The van der Waals surface area contributed by atoms with Gasteiger partial charge in [-0.3, -0.25) is 10.1 Å². The number of aliphatic hydroxyl groups is 1. The fraction of sp³-hybridized carbons (Fsp3) is 0.250. The third-order valence-corrected chi connectivity index (χ3v) is 3.29. The van der Waals surface area contributed by atoms with E-state index in [2.05, 4.69) is 31.9 Å². The van der Waals surface area contributed by atoms with Crippen molar-refractivity contribution in [3.05, 3.63) is 30.7 Å². The van der Waals surface area contributed by atoms with Gasteiger partial charge >= 0.3 is 0 Å². The molecule has 1 aromatic rings. The number of rotatable bonds is 3. The normalized spacial score (nSPS) is 10.3. The Morgan fingerprint density at radius 3 is 2.53 bits per heavy atom. The van der Waals surface area contributed by atoms with Crippen LogP contribution in [0.1, 0.15) is 5.56 Å². The van der Waals surface area contributed by atoms with Crippen molar-refractivity contribution in [1.29, 1.82) is 0 Å². The number of nitro benzene ring substituents is 1. The molecule has 1 aromatic carbocycles. The molecule has 7 heteroatoms. The number of halogens is 2. The van der Waals surface area contributed by atoms with Crippen molar-refractivity contribution >= 4 is 37.5 Å². The Kier molecular flexibility index (Phi) is 4.06. The van der Waals surface area contributed by atoms with Crippen LogP contribution in [0.4, 0.5) is 5.69 Å². The summed E-state index contributed by atoms with van der Waals surface area (Å²) in [5, 5.41) is 29.0. The zero-order valence-corrected chi connectivity index (χ0v) is 10.6. The van der Waals surface area contributed by atoms with Crippen molar-refractivity contribution in [2.24, 2.45) is 0 Å². The van der Waals surface area contributed by atoms with Gasteiger partial charge in [0.1, 0.15) is 5.75 Å². The van der Waals surface area contributed by atoms with Crippen LogP contribution in [0.25, 0.3) is 0 Å². The molecule has 0 saturated carbocycles. The SMILES string of the molecule is O=[N+]([O-])c1cc(Br)c(O)c(Br)c1CCO. The van der Waals surface area contributed by atoms with E-state index in [1.807, 2.05) is 0 Å². The Morgan fingerprint density at radius 1 is 1.47 bits per heavy atom. The smallest absolute Gasteiger partial charge is 0.275 e. The number of phenolic OH excluding ortho intramolecular Hbond substituents is 1. The second-order valence-corrected chi connectivity index (χ2v) is 4.40. The molecule has 0 amide bonds. The largest absolute Gasteiger partial charge is 0.506 e. The first-order chi connectivity index (χ1) is 6.99. The molecule has 0 heterocycles. The van der Waals surface area contributed by atoms with E-state index < -0.39 is 4.92 Å². The molecular formula is C8H7Br2NO4. The molecule has 5 nitrogen and oxygen atoms in total. The lowest BCUT2D eigenvalue weighted by Crippen LogP contribution is -2.00. The molecule has 0 aliphatic heterocycles. The van der Waals surface area contributed by atoms with E-state index in [9.17, 15) is 15.2 Å². The van der Waals surface area contributed by atoms with Gasteiger partial charge in [-0.15, -0.1) is 0 Å². The summed E-state index contributed by atoms with van der Waals surface area (Å²) in [6.07, 6.45) is 0.109. The summed E-state index contributed by atoms with van der Waals surface area (Å²) in [5.74, 6) is -0.107. The minimum atomic E-state index is -0.556. The molecule has 82 valence electrons. The minimum Gasteiger partial charge on any atom is -0.506 e. The number of aliphatic hydroxyl groups excluding tert-OH is 1. The lowest BCUT2D eigenvalue weighted by atomic mass is 10.1. The number of nitrogens with zero attached hydrogens (tertiary/aromatic N) is 1. The summed E-state index contributed by atoms with van der Waals surface area (Å²) in [6, 6.07) is 1.21. The summed E-state index contributed by atoms with van der Waals surface area (Å²) in [5.41, 5.74) is 0.142. The average Bonchev–Trinajstić information content (AvgIpc) is 2.18. The van der Waals surface area contributed by atoms with E-state index in [-0.39, 0.29) is 39.0 Å². The van der Waals surface area contributed by atoms with Crippen molar-refractivity contribution in [2.75, 3.05) is 6.61 Å². The molecule has 0 aliphatic rings. The Labute approximate surface area is 102 Å². The number of phenols is 1. The van der Waals surface area contributed by atoms with Crippen LogP contribution in [0.2, 0.25) is 0 Å². The highest BCUT2D eigenvalue weighted by Crippen LogP contribution is 2.40. The van der Waals surface area contributed by atoms with Crippen LogP contribution in [0, 0.1) is 10.1 Å². The minimum absolute atomic E-state index is 0.107. The molecular weight excluding hydrogens is 334 g/mol. The van der Waals surface area contributed by atoms with Gasteiger partial charge in [-0.1, -0.05) is 0 Å². The van der Waals surface area contributed by atoms with Crippen molar-refractivity contribution in [3.8, 4) is 5.75 Å². The fourth-order valence-electron chi connectivity index (χ4n) is 1.15. The first-order valence-corrected chi connectivity index (χ1v) is 5.52. The summed E-state index contributed by atoms with van der Waals surface area (Å²) in [4.78, 5) is 10.2. The second kappa shape index (κ2) is 4.91. The highest BCUT2D eigenvalue weighted by Gasteiger charge is 2.21. The third kappa shape index (κ3) is 2.47. The van der Waals surface area contributed by atoms with E-state index in [1.54, 1.807) is 0 Å². The monoisotopic (exact) mass is 339 g/mol. The maximum atomic E-state index is 10.7. The Hall–Kier alpha value is -0.660. The molecule has 0 fully saturated rings. The Morgan fingerprint density at radius 2 is 2.07 bits per heavy atom. The van der Waals surface area contributed by atoms with E-state index in [0.717, 1.165) is 0 Å². The van der Waals surface area contributed by atoms with Crippen molar-refractivity contribution in [2.45, 2.75) is 6.42 Å². The van der Waals surface area contributed by atoms with Crippen molar-refractivity contribution in [1.82, 2.24) is 0 Å². The lowest BCUT2D eigenvalue weighted by Gasteiger charge is -2.07. The van der Waals surface area contributed by atoms with Crippen LogP contribution in [-0.4, -0.2) is 21.7 Å². The number of nitro groups is 1. The Bertz CT molecular complexity index is 408. The highest BCUT2D eigenvalue weighted by atomic mass is 79.9. The summed E-state index contributed by atoms with van der Waals surface area (Å²) in [7, 11) is 0. The second-order valence-electron chi connectivity index (χ2n) is 2.75. The predicted molar refractivity (Wildman–Crippen MR) is 61.0 cm³/mol. The average molecular weight is 341 g/mol. The van der Waals surface area contributed by atoms with Crippen LogP contribution in [0.3, 0.4) is 0 Å². The van der Waals surface area contributed by atoms with E-state index in [0.29, 0.717) is 0 Å². The van der Waals surface area contributed by atoms with Crippen LogP contribution >= 0.6 is 31.9 Å². The van der Waals surface area contributed by atoms with Crippen LogP contribution in [0.15, 0.2) is 15.0 Å². The van der Waals surface area contributed by atoms with Gasteiger partial charge in [-0.05, 0) is 31.9 Å². The van der Waals surface area contributed by atoms with Gasteiger partial charge in [-0.2, -0.15) is 0 Å². The first kappa shape index (κ1) is 12.4. The summed E-state index contributed by atoms with van der Waals surface area (Å²) < 4.78 is 0.473. The molecule has 1 rings (SSSR count). The molecule has 15 heavy (non-hydrogen) atoms. The van der Waals surface area contributed by atoms with Gasteiger partial charge in [0, 0.05) is 19.1 Å². The van der Waals surface area contributed by atoms with Crippen molar-refractivity contribution in [3.63, 3.8) is 0 Å². The molecule has 0 unspecified atom stereocenters. The number of aromatic hydroxyl groups is 1. The summed E-state index contributed by atoms with van der Waals surface area (Å²) >= 11 is 6.06. The molecule has 0 aliphatic carbocycles. The fourth-order valence-corrected chi connectivity index (χ4v) is 2.44. The molecule has 0 bridgehead atoms.